The van der Waals surface area contributed by atoms with Crippen molar-refractivity contribution < 1.29 is 4.79 Å². The molecule has 114 valence electrons. The van der Waals surface area contributed by atoms with Crippen LogP contribution in [0, 0.1) is 0 Å². The second-order valence-electron chi connectivity index (χ2n) is 5.28. The van der Waals surface area contributed by atoms with Crippen molar-refractivity contribution in [1.29, 1.82) is 0 Å². The number of nitrogens with one attached hydrogen (secondary N) is 1. The molecule has 0 saturated carbocycles. The third-order valence-electron chi connectivity index (χ3n) is 3.59. The van der Waals surface area contributed by atoms with Crippen LogP contribution in [0.5, 0.6) is 0 Å². The molecule has 2 nitrogen and oxygen atoms in total. The Balaban J connectivity index is 1.82. The zero-order valence-electron chi connectivity index (χ0n) is 12.5. The normalized spacial score (nSPS) is 10.3. The van der Waals surface area contributed by atoms with Gasteiger partial charge in [-0.05, 0) is 41.8 Å². The number of carbonyl (C=O) groups excluding carboxylic acids is 1. The molecule has 0 spiro atoms. The van der Waals surface area contributed by atoms with Gasteiger partial charge in [-0.3, -0.25) is 4.79 Å². The lowest BCUT2D eigenvalue weighted by Crippen LogP contribution is -2.13. The summed E-state index contributed by atoms with van der Waals surface area (Å²) in [5.74, 6) is -0.159. The number of hydrogen-bond acceptors (Lipinski definition) is 1. The monoisotopic (exact) mass is 321 g/mol. The van der Waals surface area contributed by atoms with Gasteiger partial charge in [-0.2, -0.15) is 0 Å². The number of halogens is 1. The van der Waals surface area contributed by atoms with Crippen molar-refractivity contribution in [3.63, 3.8) is 0 Å². The lowest BCUT2D eigenvalue weighted by Gasteiger charge is -2.11. The minimum absolute atomic E-state index is 0.159. The van der Waals surface area contributed by atoms with Crippen molar-refractivity contribution >= 4 is 23.2 Å². The van der Waals surface area contributed by atoms with E-state index in [0.29, 0.717) is 10.6 Å². The van der Waals surface area contributed by atoms with E-state index in [2.05, 4.69) is 17.4 Å². The van der Waals surface area contributed by atoms with E-state index in [1.807, 2.05) is 42.5 Å². The van der Waals surface area contributed by atoms with Gasteiger partial charge in [-0.1, -0.05) is 66.2 Å². The van der Waals surface area contributed by atoms with E-state index in [9.17, 15) is 4.79 Å². The average Bonchev–Trinajstić information content (AvgIpc) is 2.57. The molecular weight excluding hydrogens is 306 g/mol. The van der Waals surface area contributed by atoms with Gasteiger partial charge in [-0.15, -0.1) is 0 Å². The fraction of sp³-hybridized carbons (Fsp3) is 0.0500. The van der Waals surface area contributed by atoms with Crippen molar-refractivity contribution in [2.24, 2.45) is 0 Å². The Labute approximate surface area is 140 Å². The smallest absolute Gasteiger partial charge is 0.255 e. The molecule has 0 unspecified atom stereocenters. The summed E-state index contributed by atoms with van der Waals surface area (Å²) in [6.07, 6.45) is 0.771. The van der Waals surface area contributed by atoms with E-state index >= 15 is 0 Å². The summed E-state index contributed by atoms with van der Waals surface area (Å²) in [6, 6.07) is 25.0. The molecule has 23 heavy (non-hydrogen) atoms. The maximum Gasteiger partial charge on any atom is 0.255 e. The van der Waals surface area contributed by atoms with E-state index < -0.39 is 0 Å². The van der Waals surface area contributed by atoms with E-state index in [1.165, 1.54) is 5.56 Å². The zero-order valence-corrected chi connectivity index (χ0v) is 13.3. The predicted octanol–water partition coefficient (Wildman–Crippen LogP) is 5.18. The summed E-state index contributed by atoms with van der Waals surface area (Å²) in [6.45, 7) is 0. The van der Waals surface area contributed by atoms with E-state index in [4.69, 9.17) is 11.6 Å². The van der Waals surface area contributed by atoms with Crippen LogP contribution < -0.4 is 5.32 Å². The fourth-order valence-electron chi connectivity index (χ4n) is 2.44. The SMILES string of the molecule is O=C(Nc1ccccc1Cc1ccccc1)c1cccc(Cl)c1. The second kappa shape index (κ2) is 7.12. The molecule has 1 N–H and O–H groups in total. The first-order valence-electron chi connectivity index (χ1n) is 7.41. The van der Waals surface area contributed by atoms with Gasteiger partial charge in [0.25, 0.3) is 5.91 Å². The van der Waals surface area contributed by atoms with Gasteiger partial charge in [-0.25, -0.2) is 0 Å². The Morgan fingerprint density at radius 3 is 2.39 bits per heavy atom. The maximum atomic E-state index is 12.4. The topological polar surface area (TPSA) is 29.1 Å². The average molecular weight is 322 g/mol. The highest BCUT2D eigenvalue weighted by Crippen LogP contribution is 2.20. The molecule has 1 amide bonds. The standard InChI is InChI=1S/C20H16ClNO/c21-18-11-6-10-17(14-18)20(23)22-19-12-5-4-9-16(19)13-15-7-2-1-3-8-15/h1-12,14H,13H2,(H,22,23). The van der Waals surface area contributed by atoms with Crippen molar-refractivity contribution in [3.8, 4) is 0 Å². The molecular formula is C20H16ClNO. The van der Waals surface area contributed by atoms with Crippen molar-refractivity contribution in [2.75, 3.05) is 5.32 Å². The molecule has 0 aromatic heterocycles. The van der Waals surface area contributed by atoms with Gasteiger partial charge in [0, 0.05) is 16.3 Å². The van der Waals surface area contributed by atoms with E-state index in [1.54, 1.807) is 24.3 Å². The minimum atomic E-state index is -0.159. The number of amides is 1. The first-order valence-corrected chi connectivity index (χ1v) is 7.79. The van der Waals surface area contributed by atoms with Crippen LogP contribution in [-0.4, -0.2) is 5.91 Å². The summed E-state index contributed by atoms with van der Waals surface area (Å²) in [5.41, 5.74) is 3.65. The molecule has 0 aliphatic heterocycles. The molecule has 0 bridgehead atoms. The molecule has 3 aromatic rings. The molecule has 3 rings (SSSR count). The Bertz CT molecular complexity index is 815. The molecule has 3 aromatic carbocycles. The lowest BCUT2D eigenvalue weighted by atomic mass is 10.0. The van der Waals surface area contributed by atoms with Crippen molar-refractivity contribution in [3.05, 3.63) is 101 Å². The number of carbonyl (C=O) groups is 1. The van der Waals surface area contributed by atoms with Gasteiger partial charge < -0.3 is 5.32 Å². The lowest BCUT2D eigenvalue weighted by molar-refractivity contribution is 0.102. The molecule has 0 fully saturated rings. The molecule has 0 saturated heterocycles. The Hall–Kier alpha value is -2.58. The van der Waals surface area contributed by atoms with Crippen LogP contribution in [0.2, 0.25) is 5.02 Å². The molecule has 0 heterocycles. The fourth-order valence-corrected chi connectivity index (χ4v) is 2.63. The van der Waals surface area contributed by atoms with Crippen LogP contribution in [0.15, 0.2) is 78.9 Å². The van der Waals surface area contributed by atoms with E-state index in [-0.39, 0.29) is 5.91 Å². The molecule has 0 aliphatic carbocycles. The number of hydrogen-bond donors (Lipinski definition) is 1. The first kappa shape index (κ1) is 15.3. The van der Waals surface area contributed by atoms with Gasteiger partial charge >= 0.3 is 0 Å². The largest absolute Gasteiger partial charge is 0.322 e. The molecule has 0 aliphatic rings. The summed E-state index contributed by atoms with van der Waals surface area (Å²) < 4.78 is 0. The highest BCUT2D eigenvalue weighted by molar-refractivity contribution is 6.31. The van der Waals surface area contributed by atoms with Crippen LogP contribution in [0.4, 0.5) is 5.69 Å². The van der Waals surface area contributed by atoms with Crippen LogP contribution in [0.1, 0.15) is 21.5 Å². The number of rotatable bonds is 4. The highest BCUT2D eigenvalue weighted by atomic mass is 35.5. The minimum Gasteiger partial charge on any atom is -0.322 e. The van der Waals surface area contributed by atoms with Gasteiger partial charge in [0.1, 0.15) is 0 Å². The Kier molecular flexibility index (Phi) is 4.74. The molecule has 0 atom stereocenters. The first-order chi connectivity index (χ1) is 11.2. The summed E-state index contributed by atoms with van der Waals surface area (Å²) >= 11 is 5.95. The third-order valence-corrected chi connectivity index (χ3v) is 3.82. The zero-order chi connectivity index (χ0) is 16.1. The Morgan fingerprint density at radius 2 is 1.61 bits per heavy atom. The van der Waals surface area contributed by atoms with Crippen LogP contribution >= 0.6 is 11.6 Å². The summed E-state index contributed by atoms with van der Waals surface area (Å²) in [5, 5.41) is 3.53. The van der Waals surface area contributed by atoms with Gasteiger partial charge in [0.05, 0.1) is 0 Å². The van der Waals surface area contributed by atoms with Crippen LogP contribution in [0.3, 0.4) is 0 Å². The summed E-state index contributed by atoms with van der Waals surface area (Å²) in [7, 11) is 0. The van der Waals surface area contributed by atoms with Gasteiger partial charge in [0.15, 0.2) is 0 Å². The number of benzene rings is 3. The predicted molar refractivity (Wildman–Crippen MR) is 95.1 cm³/mol. The Morgan fingerprint density at radius 1 is 0.870 bits per heavy atom. The quantitative estimate of drug-likeness (QED) is 0.704. The van der Waals surface area contributed by atoms with Crippen molar-refractivity contribution in [1.82, 2.24) is 0 Å². The van der Waals surface area contributed by atoms with Crippen LogP contribution in [0.25, 0.3) is 0 Å². The van der Waals surface area contributed by atoms with Crippen LogP contribution in [-0.2, 0) is 6.42 Å². The summed E-state index contributed by atoms with van der Waals surface area (Å²) in [4.78, 5) is 12.4. The number of anilines is 1. The second-order valence-corrected chi connectivity index (χ2v) is 5.72. The maximum absolute atomic E-state index is 12.4. The van der Waals surface area contributed by atoms with Gasteiger partial charge in [0.2, 0.25) is 0 Å². The highest BCUT2D eigenvalue weighted by Gasteiger charge is 2.09. The van der Waals surface area contributed by atoms with E-state index in [0.717, 1.165) is 17.7 Å². The number of para-hydroxylation sites is 1. The van der Waals surface area contributed by atoms with Crippen molar-refractivity contribution in [2.45, 2.75) is 6.42 Å². The molecule has 3 heteroatoms. The third kappa shape index (κ3) is 3.99. The molecule has 0 radical (unpaired) electrons.